The van der Waals surface area contributed by atoms with Crippen molar-refractivity contribution in [3.8, 4) is 0 Å². The lowest BCUT2D eigenvalue weighted by atomic mass is 10.0. The Kier molecular flexibility index (Phi) is 2.83. The van der Waals surface area contributed by atoms with Gasteiger partial charge in [0.25, 0.3) is 5.91 Å². The zero-order chi connectivity index (χ0) is 12.6. The van der Waals surface area contributed by atoms with Crippen LogP contribution in [0.25, 0.3) is 0 Å². The molecule has 1 atom stereocenters. The van der Waals surface area contributed by atoms with Crippen LogP contribution in [-0.2, 0) is 19.8 Å². The van der Waals surface area contributed by atoms with Gasteiger partial charge in [-0.15, -0.1) is 0 Å². The van der Waals surface area contributed by atoms with Gasteiger partial charge < -0.3 is 9.26 Å². The number of ether oxygens (including phenoxy) is 1. The Balaban J connectivity index is 1.61. The molecular weight excluding hydrogens is 236 g/mol. The van der Waals surface area contributed by atoms with Crippen molar-refractivity contribution in [1.82, 2.24) is 10.6 Å². The molecule has 2 heterocycles. The fourth-order valence-electron chi connectivity index (χ4n) is 2.14. The van der Waals surface area contributed by atoms with E-state index in [4.69, 9.17) is 14.1 Å². The number of rotatable bonds is 4. The highest BCUT2D eigenvalue weighted by atomic mass is 16.7. The molecule has 0 aromatic carbocycles. The molecule has 1 amide bonds. The summed E-state index contributed by atoms with van der Waals surface area (Å²) < 4.78 is 10.4. The topological polar surface area (TPSA) is 73.6 Å². The maximum absolute atomic E-state index is 12.1. The van der Waals surface area contributed by atoms with Gasteiger partial charge >= 0.3 is 0 Å². The van der Waals surface area contributed by atoms with E-state index in [2.05, 4.69) is 10.6 Å². The molecule has 98 valence electrons. The molecule has 1 aromatic rings. The van der Waals surface area contributed by atoms with Gasteiger partial charge in [0, 0.05) is 19.1 Å². The van der Waals surface area contributed by atoms with Gasteiger partial charge in [0.2, 0.25) is 0 Å². The van der Waals surface area contributed by atoms with E-state index in [0.717, 1.165) is 25.0 Å². The predicted molar refractivity (Wildman–Crippen MR) is 60.6 cm³/mol. The molecule has 0 spiro atoms. The smallest absolute Gasteiger partial charge is 0.257 e. The van der Waals surface area contributed by atoms with Gasteiger partial charge in [0.05, 0.1) is 12.3 Å². The van der Waals surface area contributed by atoms with E-state index in [9.17, 15) is 4.79 Å². The molecular formula is C12H16N2O4. The fraction of sp³-hybridized carbons (Fsp3) is 0.667. The number of nitrogens with zero attached hydrogens (tertiary/aromatic N) is 1. The summed E-state index contributed by atoms with van der Waals surface area (Å²) >= 11 is 0. The van der Waals surface area contributed by atoms with Gasteiger partial charge in [0.15, 0.2) is 5.76 Å². The summed E-state index contributed by atoms with van der Waals surface area (Å²) in [5, 5.41) is 3.83. The van der Waals surface area contributed by atoms with Gasteiger partial charge in [-0.1, -0.05) is 5.16 Å². The molecule has 6 heteroatoms. The van der Waals surface area contributed by atoms with Crippen LogP contribution in [-0.4, -0.2) is 30.4 Å². The number of carbonyl (C=O) groups excluding carboxylic acids is 1. The third-order valence-electron chi connectivity index (χ3n) is 3.49. The van der Waals surface area contributed by atoms with Crippen LogP contribution in [0.1, 0.15) is 30.7 Å². The van der Waals surface area contributed by atoms with Crippen molar-refractivity contribution in [2.24, 2.45) is 0 Å². The van der Waals surface area contributed by atoms with Crippen LogP contribution in [0, 0.1) is 6.92 Å². The molecule has 1 aromatic heterocycles. The standard InChI is InChI=1S/C12H16N2O4/c1-8-6-10(18-13-8)12(3-4-12)11(15)14-17-9-2-5-16-7-9/h6,9H,2-5,7H2,1H3,(H,14,15). The summed E-state index contributed by atoms with van der Waals surface area (Å²) in [6, 6.07) is 1.81. The summed E-state index contributed by atoms with van der Waals surface area (Å²) in [5.41, 5.74) is 2.75. The van der Waals surface area contributed by atoms with Crippen LogP contribution in [0.2, 0.25) is 0 Å². The molecule has 1 aliphatic carbocycles. The van der Waals surface area contributed by atoms with E-state index in [0.29, 0.717) is 19.0 Å². The largest absolute Gasteiger partial charge is 0.379 e. The fourth-order valence-corrected chi connectivity index (χ4v) is 2.14. The van der Waals surface area contributed by atoms with Crippen molar-refractivity contribution in [2.45, 2.75) is 37.7 Å². The molecule has 1 N–H and O–H groups in total. The molecule has 1 unspecified atom stereocenters. The van der Waals surface area contributed by atoms with E-state index < -0.39 is 5.41 Å². The Morgan fingerprint density at radius 2 is 2.44 bits per heavy atom. The molecule has 6 nitrogen and oxygen atoms in total. The summed E-state index contributed by atoms with van der Waals surface area (Å²) in [7, 11) is 0. The Morgan fingerprint density at radius 3 is 3.00 bits per heavy atom. The maximum atomic E-state index is 12.1. The average molecular weight is 252 g/mol. The monoisotopic (exact) mass is 252 g/mol. The number of hydroxylamine groups is 1. The van der Waals surface area contributed by atoms with E-state index in [1.165, 1.54) is 0 Å². The Morgan fingerprint density at radius 1 is 1.61 bits per heavy atom. The van der Waals surface area contributed by atoms with Gasteiger partial charge in [-0.05, 0) is 19.8 Å². The minimum Gasteiger partial charge on any atom is -0.379 e. The summed E-state index contributed by atoms with van der Waals surface area (Å²) in [6.45, 7) is 3.06. The Labute approximate surface area is 105 Å². The van der Waals surface area contributed by atoms with Gasteiger partial charge in [0.1, 0.15) is 11.5 Å². The molecule has 1 saturated heterocycles. The van der Waals surface area contributed by atoms with Crippen LogP contribution in [0.15, 0.2) is 10.6 Å². The number of hydrogen-bond donors (Lipinski definition) is 1. The quantitative estimate of drug-likeness (QED) is 0.804. The van der Waals surface area contributed by atoms with Crippen LogP contribution in [0.3, 0.4) is 0 Å². The number of amides is 1. The number of carbonyl (C=O) groups is 1. The second kappa shape index (κ2) is 4.37. The third-order valence-corrected chi connectivity index (χ3v) is 3.49. The highest BCUT2D eigenvalue weighted by Crippen LogP contribution is 2.48. The number of aromatic nitrogens is 1. The molecule has 2 fully saturated rings. The van der Waals surface area contributed by atoms with Crippen molar-refractivity contribution >= 4 is 5.91 Å². The molecule has 18 heavy (non-hydrogen) atoms. The minimum absolute atomic E-state index is 0.0405. The van der Waals surface area contributed by atoms with Gasteiger partial charge in [-0.3, -0.25) is 9.63 Å². The third kappa shape index (κ3) is 2.02. The zero-order valence-electron chi connectivity index (χ0n) is 10.3. The molecule has 1 saturated carbocycles. The molecule has 0 bridgehead atoms. The van der Waals surface area contributed by atoms with Crippen molar-refractivity contribution in [3.05, 3.63) is 17.5 Å². The number of hydrogen-bond acceptors (Lipinski definition) is 5. The lowest BCUT2D eigenvalue weighted by Gasteiger charge is -2.14. The van der Waals surface area contributed by atoms with E-state index in [1.54, 1.807) is 0 Å². The molecule has 3 rings (SSSR count). The van der Waals surface area contributed by atoms with Crippen LogP contribution in [0.4, 0.5) is 0 Å². The highest BCUT2D eigenvalue weighted by molar-refractivity contribution is 5.89. The number of aryl methyl sites for hydroxylation is 1. The first kappa shape index (κ1) is 11.7. The normalized spacial score (nSPS) is 25.1. The molecule has 0 radical (unpaired) electrons. The SMILES string of the molecule is Cc1cc(C2(C(=O)NOC3CCOC3)CC2)on1. The van der Waals surface area contributed by atoms with Crippen molar-refractivity contribution in [2.75, 3.05) is 13.2 Å². The summed E-state index contributed by atoms with van der Waals surface area (Å²) in [6.07, 6.45) is 2.33. The van der Waals surface area contributed by atoms with Crippen molar-refractivity contribution in [1.29, 1.82) is 0 Å². The van der Waals surface area contributed by atoms with E-state index in [1.807, 2.05) is 13.0 Å². The predicted octanol–water partition coefficient (Wildman–Crippen LogP) is 0.851. The maximum Gasteiger partial charge on any atom is 0.257 e. The summed E-state index contributed by atoms with van der Waals surface area (Å²) in [4.78, 5) is 17.5. The van der Waals surface area contributed by atoms with Crippen molar-refractivity contribution in [3.63, 3.8) is 0 Å². The first-order valence-electron chi connectivity index (χ1n) is 6.18. The molecule has 2 aliphatic rings. The Hall–Kier alpha value is -1.40. The number of nitrogens with one attached hydrogen (secondary N) is 1. The minimum atomic E-state index is -0.569. The average Bonchev–Trinajstić information content (AvgIpc) is 2.81. The van der Waals surface area contributed by atoms with Crippen LogP contribution in [0.5, 0.6) is 0 Å². The van der Waals surface area contributed by atoms with Gasteiger partial charge in [-0.2, -0.15) is 0 Å². The van der Waals surface area contributed by atoms with Crippen LogP contribution < -0.4 is 5.48 Å². The second-order valence-electron chi connectivity index (χ2n) is 4.95. The Bertz CT molecular complexity index is 447. The first-order valence-corrected chi connectivity index (χ1v) is 6.18. The lowest BCUT2D eigenvalue weighted by molar-refractivity contribution is -0.141. The van der Waals surface area contributed by atoms with Gasteiger partial charge in [-0.25, -0.2) is 5.48 Å². The first-order chi connectivity index (χ1) is 8.71. The lowest BCUT2D eigenvalue weighted by Crippen LogP contribution is -2.37. The van der Waals surface area contributed by atoms with E-state index in [-0.39, 0.29) is 12.0 Å². The molecule has 1 aliphatic heterocycles. The zero-order valence-corrected chi connectivity index (χ0v) is 10.3. The van der Waals surface area contributed by atoms with Crippen molar-refractivity contribution < 1.29 is 18.9 Å². The second-order valence-corrected chi connectivity index (χ2v) is 4.95. The van der Waals surface area contributed by atoms with Crippen LogP contribution >= 0.6 is 0 Å². The highest BCUT2D eigenvalue weighted by Gasteiger charge is 2.55. The van der Waals surface area contributed by atoms with E-state index >= 15 is 0 Å². The summed E-state index contributed by atoms with van der Waals surface area (Å²) in [5.74, 6) is 0.481.